The van der Waals surface area contributed by atoms with Gasteiger partial charge in [-0.3, -0.25) is 4.98 Å². The molecule has 2 heterocycles. The minimum absolute atomic E-state index is 0.888. The van der Waals surface area contributed by atoms with Crippen LogP contribution in [0.3, 0.4) is 0 Å². The van der Waals surface area contributed by atoms with Crippen LogP contribution < -0.4 is 4.74 Å². The SMILES string of the molecule is Cc1cc2c(cn1)Oc1ccccc1C2. The molecule has 0 radical (unpaired) electrons. The Kier molecular flexibility index (Phi) is 1.75. The van der Waals surface area contributed by atoms with E-state index >= 15 is 0 Å². The van der Waals surface area contributed by atoms with Gasteiger partial charge in [0.2, 0.25) is 0 Å². The molecule has 1 aliphatic heterocycles. The zero-order valence-corrected chi connectivity index (χ0v) is 8.53. The molecule has 0 fully saturated rings. The van der Waals surface area contributed by atoms with Crippen LogP contribution in [0.1, 0.15) is 16.8 Å². The average Bonchev–Trinajstić information content (AvgIpc) is 2.26. The van der Waals surface area contributed by atoms with Crippen molar-refractivity contribution in [2.75, 3.05) is 0 Å². The predicted molar refractivity (Wildman–Crippen MR) is 58.3 cm³/mol. The number of aromatic nitrogens is 1. The predicted octanol–water partition coefficient (Wildman–Crippen LogP) is 3.09. The van der Waals surface area contributed by atoms with E-state index in [9.17, 15) is 0 Å². The molecule has 1 aromatic heterocycles. The summed E-state index contributed by atoms with van der Waals surface area (Å²) in [5.74, 6) is 1.84. The Morgan fingerprint density at radius 3 is 2.93 bits per heavy atom. The van der Waals surface area contributed by atoms with Gasteiger partial charge >= 0.3 is 0 Å². The first kappa shape index (κ1) is 8.48. The third kappa shape index (κ3) is 1.38. The summed E-state index contributed by atoms with van der Waals surface area (Å²) >= 11 is 0. The number of hydrogen-bond acceptors (Lipinski definition) is 2. The van der Waals surface area contributed by atoms with Crippen molar-refractivity contribution in [3.05, 3.63) is 53.3 Å². The first-order chi connectivity index (χ1) is 7.33. The maximum absolute atomic E-state index is 5.77. The van der Waals surface area contributed by atoms with E-state index in [4.69, 9.17) is 4.74 Å². The molecule has 2 nitrogen and oxygen atoms in total. The van der Waals surface area contributed by atoms with Gasteiger partial charge in [0.1, 0.15) is 11.5 Å². The molecule has 0 saturated carbocycles. The van der Waals surface area contributed by atoms with Crippen LogP contribution in [0.5, 0.6) is 11.5 Å². The van der Waals surface area contributed by atoms with Crippen LogP contribution in [-0.2, 0) is 6.42 Å². The fraction of sp³-hybridized carbons (Fsp3) is 0.154. The normalized spacial score (nSPS) is 12.6. The number of benzene rings is 1. The summed E-state index contributed by atoms with van der Waals surface area (Å²) in [7, 11) is 0. The third-order valence-corrected chi connectivity index (χ3v) is 2.66. The third-order valence-electron chi connectivity index (χ3n) is 2.66. The first-order valence-corrected chi connectivity index (χ1v) is 5.04. The lowest BCUT2D eigenvalue weighted by molar-refractivity contribution is 0.457. The van der Waals surface area contributed by atoms with Crippen molar-refractivity contribution in [1.29, 1.82) is 0 Å². The molecule has 0 unspecified atom stereocenters. The number of fused-ring (bicyclic) bond motifs is 2. The molecule has 15 heavy (non-hydrogen) atoms. The number of para-hydroxylation sites is 1. The highest BCUT2D eigenvalue weighted by Crippen LogP contribution is 2.35. The van der Waals surface area contributed by atoms with E-state index in [-0.39, 0.29) is 0 Å². The van der Waals surface area contributed by atoms with E-state index in [2.05, 4.69) is 17.1 Å². The smallest absolute Gasteiger partial charge is 0.149 e. The van der Waals surface area contributed by atoms with E-state index in [1.165, 1.54) is 11.1 Å². The maximum Gasteiger partial charge on any atom is 0.149 e. The molecular formula is C13H11NO. The minimum atomic E-state index is 0.888. The van der Waals surface area contributed by atoms with Crippen molar-refractivity contribution in [1.82, 2.24) is 4.98 Å². The van der Waals surface area contributed by atoms with Gasteiger partial charge in [-0.05, 0) is 24.6 Å². The Morgan fingerprint density at radius 2 is 2.00 bits per heavy atom. The Bertz CT molecular complexity index is 520. The Morgan fingerprint density at radius 1 is 1.13 bits per heavy atom. The zero-order chi connectivity index (χ0) is 10.3. The summed E-state index contributed by atoms with van der Waals surface area (Å²) in [5, 5.41) is 0. The summed E-state index contributed by atoms with van der Waals surface area (Å²) in [6, 6.07) is 10.2. The lowest BCUT2D eigenvalue weighted by Crippen LogP contribution is -2.03. The van der Waals surface area contributed by atoms with Crippen molar-refractivity contribution >= 4 is 0 Å². The molecule has 0 atom stereocenters. The molecule has 0 amide bonds. The fourth-order valence-corrected chi connectivity index (χ4v) is 1.91. The van der Waals surface area contributed by atoms with Crippen molar-refractivity contribution in [2.45, 2.75) is 13.3 Å². The van der Waals surface area contributed by atoms with Gasteiger partial charge < -0.3 is 4.74 Å². The van der Waals surface area contributed by atoms with Crippen molar-refractivity contribution in [3.8, 4) is 11.5 Å². The van der Waals surface area contributed by atoms with E-state index in [1.807, 2.05) is 25.1 Å². The second kappa shape index (κ2) is 3.09. The molecule has 1 aliphatic rings. The van der Waals surface area contributed by atoms with Gasteiger partial charge in [-0.25, -0.2) is 0 Å². The van der Waals surface area contributed by atoms with Gasteiger partial charge in [-0.2, -0.15) is 0 Å². The Labute approximate surface area is 88.5 Å². The number of hydrogen-bond donors (Lipinski definition) is 0. The summed E-state index contributed by atoms with van der Waals surface area (Å²) in [4.78, 5) is 4.24. The second-order valence-electron chi connectivity index (χ2n) is 3.82. The Balaban J connectivity index is 2.11. The quantitative estimate of drug-likeness (QED) is 0.552. The van der Waals surface area contributed by atoms with E-state index in [0.717, 1.165) is 23.6 Å². The molecule has 2 aromatic rings. The van der Waals surface area contributed by atoms with E-state index < -0.39 is 0 Å². The van der Waals surface area contributed by atoms with Gasteiger partial charge in [-0.1, -0.05) is 18.2 Å². The highest BCUT2D eigenvalue weighted by molar-refractivity contribution is 5.48. The largest absolute Gasteiger partial charge is 0.455 e. The van der Waals surface area contributed by atoms with Crippen LogP contribution in [0, 0.1) is 6.92 Å². The van der Waals surface area contributed by atoms with E-state index in [1.54, 1.807) is 6.20 Å². The van der Waals surface area contributed by atoms with Crippen LogP contribution in [0.25, 0.3) is 0 Å². The summed E-state index contributed by atoms with van der Waals surface area (Å²) in [5.41, 5.74) is 3.51. The zero-order valence-electron chi connectivity index (χ0n) is 8.53. The minimum Gasteiger partial charge on any atom is -0.455 e. The van der Waals surface area contributed by atoms with Crippen LogP contribution in [-0.4, -0.2) is 4.98 Å². The lowest BCUT2D eigenvalue weighted by atomic mass is 10.0. The summed E-state index contributed by atoms with van der Waals surface area (Å²) in [6.07, 6.45) is 2.75. The van der Waals surface area contributed by atoms with Gasteiger partial charge in [0.05, 0.1) is 6.20 Å². The molecule has 1 aromatic carbocycles. The molecule has 3 rings (SSSR count). The topological polar surface area (TPSA) is 22.1 Å². The second-order valence-corrected chi connectivity index (χ2v) is 3.82. The number of aryl methyl sites for hydroxylation is 1. The van der Waals surface area contributed by atoms with E-state index in [0.29, 0.717) is 0 Å². The fourth-order valence-electron chi connectivity index (χ4n) is 1.91. The molecule has 0 N–H and O–H groups in total. The van der Waals surface area contributed by atoms with Gasteiger partial charge in [0.15, 0.2) is 0 Å². The van der Waals surface area contributed by atoms with Crippen LogP contribution in [0.2, 0.25) is 0 Å². The Hall–Kier alpha value is -1.83. The van der Waals surface area contributed by atoms with Gasteiger partial charge in [-0.15, -0.1) is 0 Å². The highest BCUT2D eigenvalue weighted by atomic mass is 16.5. The lowest BCUT2D eigenvalue weighted by Gasteiger charge is -2.19. The van der Waals surface area contributed by atoms with Crippen LogP contribution in [0.15, 0.2) is 36.5 Å². The van der Waals surface area contributed by atoms with Crippen molar-refractivity contribution < 1.29 is 4.74 Å². The van der Waals surface area contributed by atoms with Gasteiger partial charge in [0.25, 0.3) is 0 Å². The highest BCUT2D eigenvalue weighted by Gasteiger charge is 2.16. The van der Waals surface area contributed by atoms with Crippen molar-refractivity contribution in [3.63, 3.8) is 0 Å². The monoisotopic (exact) mass is 197 g/mol. The molecular weight excluding hydrogens is 186 g/mol. The number of ether oxygens (including phenoxy) is 1. The number of rotatable bonds is 0. The molecule has 2 heteroatoms. The number of nitrogens with zero attached hydrogens (tertiary/aromatic N) is 1. The molecule has 0 bridgehead atoms. The molecule has 0 aliphatic carbocycles. The summed E-state index contributed by atoms with van der Waals surface area (Å²) in [6.45, 7) is 2.00. The molecule has 0 spiro atoms. The standard InChI is InChI=1S/C13H11NO/c1-9-6-11-7-10-4-2-3-5-12(10)15-13(11)8-14-9/h2-6,8H,7H2,1H3. The average molecular weight is 197 g/mol. The summed E-state index contributed by atoms with van der Waals surface area (Å²) < 4.78 is 5.77. The van der Waals surface area contributed by atoms with Crippen LogP contribution in [0.4, 0.5) is 0 Å². The first-order valence-electron chi connectivity index (χ1n) is 5.04. The van der Waals surface area contributed by atoms with Gasteiger partial charge in [0, 0.05) is 17.7 Å². The maximum atomic E-state index is 5.77. The molecule has 0 saturated heterocycles. The number of pyridine rings is 1. The molecule has 74 valence electrons. The van der Waals surface area contributed by atoms with Crippen LogP contribution >= 0.6 is 0 Å². The van der Waals surface area contributed by atoms with Crippen molar-refractivity contribution in [2.24, 2.45) is 0 Å².